The first kappa shape index (κ1) is 22.4. The largest absolute Gasteiger partial charge is 0.454 e. The van der Waals surface area contributed by atoms with Gasteiger partial charge in [-0.2, -0.15) is 5.10 Å². The molecule has 1 aliphatic carbocycles. The number of amides is 1. The molecule has 0 bridgehead atoms. The Bertz CT molecular complexity index is 1450. The molecule has 1 unspecified atom stereocenters. The van der Waals surface area contributed by atoms with E-state index in [9.17, 15) is 13.6 Å². The molecule has 10 heteroatoms. The Morgan fingerprint density at radius 3 is 2.64 bits per heavy atom. The summed E-state index contributed by atoms with van der Waals surface area (Å²) in [6.45, 7) is 1.35. The van der Waals surface area contributed by atoms with Gasteiger partial charge in [-0.3, -0.25) is 4.79 Å². The Labute approximate surface area is 205 Å². The highest BCUT2D eigenvalue weighted by Crippen LogP contribution is 2.37. The van der Waals surface area contributed by atoms with Crippen molar-refractivity contribution in [3.8, 4) is 22.8 Å². The van der Waals surface area contributed by atoms with Gasteiger partial charge in [-0.05, 0) is 62.1 Å². The minimum Gasteiger partial charge on any atom is -0.454 e. The summed E-state index contributed by atoms with van der Waals surface area (Å²) in [5, 5.41) is 5.52. The van der Waals surface area contributed by atoms with Crippen molar-refractivity contribution in [3.63, 3.8) is 0 Å². The number of halogens is 2. The number of likely N-dealkylation sites (tertiary alicyclic amines) is 1. The summed E-state index contributed by atoms with van der Waals surface area (Å²) in [4.78, 5) is 23.3. The first-order valence-corrected chi connectivity index (χ1v) is 12.0. The minimum absolute atomic E-state index is 0.0226. The van der Waals surface area contributed by atoms with Gasteiger partial charge in [-0.1, -0.05) is 0 Å². The number of rotatable bonds is 5. The Kier molecular flexibility index (Phi) is 5.50. The van der Waals surface area contributed by atoms with Gasteiger partial charge in [0, 0.05) is 30.6 Å². The van der Waals surface area contributed by atoms with Crippen LogP contribution < -0.4 is 10.5 Å². The number of piperidine rings is 1. The number of hydrogen-bond acceptors (Lipinski definition) is 6. The van der Waals surface area contributed by atoms with Crippen LogP contribution in [0.2, 0.25) is 0 Å². The van der Waals surface area contributed by atoms with E-state index in [1.807, 2.05) is 9.58 Å². The molecule has 36 heavy (non-hydrogen) atoms. The highest BCUT2D eigenvalue weighted by Gasteiger charge is 2.36. The van der Waals surface area contributed by atoms with Gasteiger partial charge in [0.25, 0.3) is 0 Å². The van der Waals surface area contributed by atoms with Crippen LogP contribution in [0.15, 0.2) is 48.8 Å². The third kappa shape index (κ3) is 4.12. The number of hydrogen-bond donors (Lipinski definition) is 1. The van der Waals surface area contributed by atoms with E-state index in [2.05, 4.69) is 9.97 Å². The number of ether oxygens (including phenoxy) is 1. The topological polar surface area (TPSA) is 99.2 Å². The second-order valence-electron chi connectivity index (χ2n) is 9.31. The molecule has 6 rings (SSSR count). The lowest BCUT2D eigenvalue weighted by Crippen LogP contribution is -2.41. The summed E-state index contributed by atoms with van der Waals surface area (Å²) in [5.74, 6) is -0.378. The summed E-state index contributed by atoms with van der Waals surface area (Å²) < 4.78 is 34.8. The van der Waals surface area contributed by atoms with Gasteiger partial charge >= 0.3 is 0 Å². The predicted octanol–water partition coefficient (Wildman–Crippen LogP) is 4.72. The van der Waals surface area contributed by atoms with Crippen molar-refractivity contribution in [3.05, 3.63) is 60.4 Å². The molecule has 2 aliphatic rings. The normalized spacial score (nSPS) is 17.9. The fraction of sp³-hybridized carbons (Fsp3) is 0.308. The summed E-state index contributed by atoms with van der Waals surface area (Å²) in [6.07, 6.45) is 5.14. The standard InChI is InChI=1S/C26H24F2N6O2/c27-17-7-10-20(28)21(12-17)36-19-8-5-15(6-9-19)23-22-24(29)30-14-31-25(22)34(32-23)18-2-1-11-33(13-18)26(35)16-3-4-16/h5-10,12,14,16,18H,1-4,11,13H2,(H2,29,30,31). The smallest absolute Gasteiger partial charge is 0.225 e. The van der Waals surface area contributed by atoms with Crippen LogP contribution in [0, 0.1) is 17.6 Å². The Morgan fingerprint density at radius 2 is 1.86 bits per heavy atom. The van der Waals surface area contributed by atoms with Crippen LogP contribution in [-0.4, -0.2) is 43.6 Å². The quantitative estimate of drug-likeness (QED) is 0.435. The van der Waals surface area contributed by atoms with E-state index in [0.29, 0.717) is 34.8 Å². The summed E-state index contributed by atoms with van der Waals surface area (Å²) >= 11 is 0. The van der Waals surface area contributed by atoms with Crippen LogP contribution in [-0.2, 0) is 4.79 Å². The maximum Gasteiger partial charge on any atom is 0.225 e. The number of nitrogens with two attached hydrogens (primary N) is 1. The highest BCUT2D eigenvalue weighted by atomic mass is 19.1. The van der Waals surface area contributed by atoms with Crippen LogP contribution in [0.1, 0.15) is 31.7 Å². The van der Waals surface area contributed by atoms with E-state index in [0.717, 1.165) is 56.0 Å². The maximum absolute atomic E-state index is 14.0. The Hall–Kier alpha value is -4.08. The number of carbonyl (C=O) groups excluding carboxylic acids is 1. The third-order valence-corrected chi connectivity index (χ3v) is 6.75. The fourth-order valence-corrected chi connectivity index (χ4v) is 4.76. The van der Waals surface area contributed by atoms with Gasteiger partial charge in [0.05, 0.1) is 11.4 Å². The number of fused-ring (bicyclic) bond motifs is 1. The lowest BCUT2D eigenvalue weighted by Gasteiger charge is -2.33. The average molecular weight is 491 g/mol. The molecule has 4 aromatic rings. The molecule has 3 heterocycles. The van der Waals surface area contributed by atoms with E-state index in [4.69, 9.17) is 15.6 Å². The van der Waals surface area contributed by atoms with E-state index < -0.39 is 11.6 Å². The van der Waals surface area contributed by atoms with Gasteiger partial charge in [-0.25, -0.2) is 23.4 Å². The zero-order chi connectivity index (χ0) is 24.8. The Balaban J connectivity index is 1.32. The first-order chi connectivity index (χ1) is 17.5. The number of nitrogen functional groups attached to an aromatic ring is 1. The highest BCUT2D eigenvalue weighted by molar-refractivity contribution is 5.98. The summed E-state index contributed by atoms with van der Waals surface area (Å²) in [7, 11) is 0. The predicted molar refractivity (Wildman–Crippen MR) is 129 cm³/mol. The Morgan fingerprint density at radius 1 is 1.06 bits per heavy atom. The molecule has 1 saturated heterocycles. The van der Waals surface area contributed by atoms with E-state index in [-0.39, 0.29) is 23.6 Å². The molecule has 2 aromatic heterocycles. The first-order valence-electron chi connectivity index (χ1n) is 12.0. The van der Waals surface area contributed by atoms with Crippen molar-refractivity contribution >= 4 is 22.8 Å². The van der Waals surface area contributed by atoms with E-state index in [1.165, 1.54) is 6.33 Å². The fourth-order valence-electron chi connectivity index (χ4n) is 4.76. The zero-order valence-electron chi connectivity index (χ0n) is 19.4. The molecule has 0 radical (unpaired) electrons. The van der Waals surface area contributed by atoms with Crippen molar-refractivity contribution in [1.82, 2.24) is 24.6 Å². The number of anilines is 1. The van der Waals surface area contributed by atoms with Gasteiger partial charge in [0.2, 0.25) is 5.91 Å². The SMILES string of the molecule is Nc1ncnc2c1c(-c1ccc(Oc3cc(F)ccc3F)cc1)nn2C1CCCN(C(=O)C2CC2)C1. The monoisotopic (exact) mass is 490 g/mol. The third-order valence-electron chi connectivity index (χ3n) is 6.75. The van der Waals surface area contributed by atoms with Crippen molar-refractivity contribution < 1.29 is 18.3 Å². The van der Waals surface area contributed by atoms with Crippen molar-refractivity contribution in [2.75, 3.05) is 18.8 Å². The lowest BCUT2D eigenvalue weighted by atomic mass is 10.1. The van der Waals surface area contributed by atoms with Gasteiger partial charge in [0.1, 0.15) is 29.4 Å². The van der Waals surface area contributed by atoms with Crippen LogP contribution in [0.4, 0.5) is 14.6 Å². The maximum atomic E-state index is 14.0. The van der Waals surface area contributed by atoms with Gasteiger partial charge in [0.15, 0.2) is 17.2 Å². The molecule has 0 spiro atoms. The molecule has 2 N–H and O–H groups in total. The molecule has 1 atom stereocenters. The number of aromatic nitrogens is 4. The van der Waals surface area contributed by atoms with Crippen LogP contribution in [0.5, 0.6) is 11.5 Å². The summed E-state index contributed by atoms with van der Waals surface area (Å²) in [5.41, 5.74) is 8.22. The molecule has 1 saturated carbocycles. The van der Waals surface area contributed by atoms with E-state index in [1.54, 1.807) is 24.3 Å². The second kappa shape index (κ2) is 8.85. The molecular weight excluding hydrogens is 466 g/mol. The van der Waals surface area contributed by atoms with Crippen molar-refractivity contribution in [1.29, 1.82) is 0 Å². The van der Waals surface area contributed by atoms with Crippen molar-refractivity contribution in [2.45, 2.75) is 31.7 Å². The minimum atomic E-state index is -0.656. The summed E-state index contributed by atoms with van der Waals surface area (Å²) in [6, 6.07) is 9.88. The number of benzene rings is 2. The lowest BCUT2D eigenvalue weighted by molar-refractivity contribution is -0.134. The van der Waals surface area contributed by atoms with Crippen LogP contribution in [0.3, 0.4) is 0 Å². The molecule has 1 aliphatic heterocycles. The van der Waals surface area contributed by atoms with Crippen LogP contribution in [0.25, 0.3) is 22.3 Å². The molecule has 8 nitrogen and oxygen atoms in total. The molecule has 2 aromatic carbocycles. The average Bonchev–Trinajstić information content (AvgIpc) is 3.67. The zero-order valence-corrected chi connectivity index (χ0v) is 19.4. The van der Waals surface area contributed by atoms with Crippen LogP contribution >= 0.6 is 0 Å². The molecule has 2 fully saturated rings. The molecule has 1 amide bonds. The van der Waals surface area contributed by atoms with Crippen molar-refractivity contribution in [2.24, 2.45) is 5.92 Å². The number of nitrogens with zero attached hydrogens (tertiary/aromatic N) is 5. The van der Waals surface area contributed by atoms with Gasteiger partial charge < -0.3 is 15.4 Å². The molecule has 184 valence electrons. The molecular formula is C26H24F2N6O2. The van der Waals surface area contributed by atoms with E-state index >= 15 is 0 Å². The second-order valence-corrected chi connectivity index (χ2v) is 9.31. The van der Waals surface area contributed by atoms with Gasteiger partial charge in [-0.15, -0.1) is 0 Å². The number of carbonyl (C=O) groups is 1.